The van der Waals surface area contributed by atoms with Gasteiger partial charge in [0.15, 0.2) is 5.13 Å². The lowest BCUT2D eigenvalue weighted by molar-refractivity contribution is 0.0985. The predicted octanol–water partition coefficient (Wildman–Crippen LogP) is 5.11. The molecule has 1 aliphatic heterocycles. The van der Waals surface area contributed by atoms with Gasteiger partial charge in [0.05, 0.1) is 15.1 Å². The van der Waals surface area contributed by atoms with Gasteiger partial charge in [-0.15, -0.1) is 12.4 Å². The number of hydrogen-bond acceptors (Lipinski definition) is 6. The minimum absolute atomic E-state index is 0. The molecule has 7 nitrogen and oxygen atoms in total. The summed E-state index contributed by atoms with van der Waals surface area (Å²) < 4.78 is 29.7. The molecule has 1 fully saturated rings. The third-order valence-corrected chi connectivity index (χ3v) is 9.36. The Morgan fingerprint density at radius 3 is 2.54 bits per heavy atom. The standard InChI is InChI=1S/C24H29BrN4O3S2.ClH/c1-17-5-4-12-28(16-17)34(31,32)20-9-6-18(7-10-20)23(30)29(14-13-27(2)3)24-26-21-11-8-19(25)15-22(21)33-24;/h6-11,15,17H,4-5,12-14,16H2,1-3H3;1H. The average molecular weight is 602 g/mol. The van der Waals surface area contributed by atoms with Crippen molar-refractivity contribution in [3.05, 3.63) is 52.5 Å². The molecule has 1 saturated heterocycles. The van der Waals surface area contributed by atoms with Crippen molar-refractivity contribution in [1.82, 2.24) is 14.2 Å². The predicted molar refractivity (Wildman–Crippen MR) is 148 cm³/mol. The maximum atomic E-state index is 13.5. The molecule has 0 aliphatic carbocycles. The second kappa shape index (κ2) is 11.7. The molecule has 0 spiro atoms. The molecule has 0 bridgehead atoms. The molecule has 2 heterocycles. The molecule has 0 saturated carbocycles. The zero-order valence-electron chi connectivity index (χ0n) is 20.0. The summed E-state index contributed by atoms with van der Waals surface area (Å²) in [6, 6.07) is 12.1. The Kier molecular flexibility index (Phi) is 9.33. The van der Waals surface area contributed by atoms with Crippen molar-refractivity contribution in [3.63, 3.8) is 0 Å². The number of sulfonamides is 1. The third-order valence-electron chi connectivity index (χ3n) is 5.94. The Bertz CT molecular complexity index is 1280. The highest BCUT2D eigenvalue weighted by Gasteiger charge is 2.29. The van der Waals surface area contributed by atoms with Gasteiger partial charge in [0.2, 0.25) is 10.0 Å². The molecular formula is C24H30BrClN4O3S2. The molecule has 0 N–H and O–H groups in total. The van der Waals surface area contributed by atoms with Gasteiger partial charge >= 0.3 is 0 Å². The van der Waals surface area contributed by atoms with Crippen molar-refractivity contribution in [2.75, 3.05) is 45.2 Å². The quantitative estimate of drug-likeness (QED) is 0.376. The van der Waals surface area contributed by atoms with Crippen LogP contribution in [0.25, 0.3) is 10.2 Å². The molecule has 2 aromatic carbocycles. The van der Waals surface area contributed by atoms with Crippen molar-refractivity contribution in [1.29, 1.82) is 0 Å². The second-order valence-electron chi connectivity index (χ2n) is 9.00. The normalized spacial score (nSPS) is 16.9. The minimum Gasteiger partial charge on any atom is -0.308 e. The summed E-state index contributed by atoms with van der Waals surface area (Å²) in [6.45, 7) is 4.30. The lowest BCUT2D eigenvalue weighted by Crippen LogP contribution is -2.39. The van der Waals surface area contributed by atoms with Crippen molar-refractivity contribution >= 4 is 71.0 Å². The van der Waals surface area contributed by atoms with Gasteiger partial charge in [-0.05, 0) is 75.3 Å². The largest absolute Gasteiger partial charge is 0.308 e. The topological polar surface area (TPSA) is 73.8 Å². The summed E-state index contributed by atoms with van der Waals surface area (Å²) in [5, 5.41) is 0.624. The lowest BCUT2D eigenvalue weighted by Gasteiger charge is -2.30. The SMILES string of the molecule is CC1CCCN(S(=O)(=O)c2ccc(C(=O)N(CCN(C)C)c3nc4ccc(Br)cc4s3)cc2)C1.Cl. The first-order valence-electron chi connectivity index (χ1n) is 11.3. The number of carbonyl (C=O) groups is 1. The zero-order chi connectivity index (χ0) is 24.5. The van der Waals surface area contributed by atoms with E-state index in [9.17, 15) is 13.2 Å². The number of amides is 1. The van der Waals surface area contributed by atoms with Gasteiger partial charge < -0.3 is 4.90 Å². The Balaban J connectivity index is 0.00000342. The van der Waals surface area contributed by atoms with Crippen LogP contribution in [0.3, 0.4) is 0 Å². The van der Waals surface area contributed by atoms with Crippen molar-refractivity contribution in [3.8, 4) is 0 Å². The van der Waals surface area contributed by atoms with Crippen LogP contribution in [0.2, 0.25) is 0 Å². The van der Waals surface area contributed by atoms with E-state index in [1.807, 2.05) is 37.2 Å². The number of rotatable bonds is 7. The van der Waals surface area contributed by atoms with Crippen LogP contribution < -0.4 is 4.90 Å². The van der Waals surface area contributed by atoms with Gasteiger partial charge in [-0.2, -0.15) is 4.31 Å². The number of nitrogens with zero attached hydrogens (tertiary/aromatic N) is 4. The first kappa shape index (κ1) is 28.0. The number of piperidine rings is 1. The van der Waals surface area contributed by atoms with E-state index in [4.69, 9.17) is 0 Å². The number of carbonyl (C=O) groups excluding carboxylic acids is 1. The van der Waals surface area contributed by atoms with Crippen LogP contribution in [0.5, 0.6) is 0 Å². The van der Waals surface area contributed by atoms with E-state index in [-0.39, 0.29) is 23.2 Å². The Hall–Kier alpha value is -1.56. The van der Waals surface area contributed by atoms with Crippen molar-refractivity contribution in [2.45, 2.75) is 24.7 Å². The summed E-state index contributed by atoms with van der Waals surface area (Å²) >= 11 is 4.95. The molecule has 11 heteroatoms. The van der Waals surface area contributed by atoms with E-state index in [0.29, 0.717) is 42.8 Å². The molecule has 4 rings (SSSR count). The second-order valence-corrected chi connectivity index (χ2v) is 12.9. The van der Waals surface area contributed by atoms with Gasteiger partial charge in [-0.3, -0.25) is 9.69 Å². The van der Waals surface area contributed by atoms with Gasteiger partial charge in [-0.25, -0.2) is 13.4 Å². The van der Waals surface area contributed by atoms with Crippen LogP contribution in [0.15, 0.2) is 51.8 Å². The smallest absolute Gasteiger partial charge is 0.260 e. The van der Waals surface area contributed by atoms with Gasteiger partial charge in [-0.1, -0.05) is 34.2 Å². The fraction of sp³-hybridized carbons (Fsp3) is 0.417. The highest BCUT2D eigenvalue weighted by atomic mass is 79.9. The Morgan fingerprint density at radius 1 is 1.17 bits per heavy atom. The molecule has 1 aromatic heterocycles. The number of aromatic nitrogens is 1. The van der Waals surface area contributed by atoms with Crippen molar-refractivity contribution < 1.29 is 13.2 Å². The highest BCUT2D eigenvalue weighted by molar-refractivity contribution is 9.10. The first-order valence-corrected chi connectivity index (χ1v) is 14.3. The molecular weight excluding hydrogens is 572 g/mol. The Morgan fingerprint density at radius 2 is 1.89 bits per heavy atom. The zero-order valence-corrected chi connectivity index (χ0v) is 24.0. The molecule has 35 heavy (non-hydrogen) atoms. The number of thiazole rings is 1. The van der Waals surface area contributed by atoms with Gasteiger partial charge in [0, 0.05) is 36.2 Å². The molecule has 3 aromatic rings. The van der Waals surface area contributed by atoms with Crippen LogP contribution in [-0.4, -0.2) is 68.8 Å². The van der Waals surface area contributed by atoms with E-state index < -0.39 is 10.0 Å². The van der Waals surface area contributed by atoms with E-state index >= 15 is 0 Å². The lowest BCUT2D eigenvalue weighted by atomic mass is 10.0. The van der Waals surface area contributed by atoms with Crippen LogP contribution >= 0.6 is 39.7 Å². The number of likely N-dealkylation sites (N-methyl/N-ethyl adjacent to an activating group) is 1. The van der Waals surface area contributed by atoms with E-state index in [2.05, 4.69) is 27.8 Å². The van der Waals surface area contributed by atoms with Crippen LogP contribution in [0.1, 0.15) is 30.1 Å². The summed E-state index contributed by atoms with van der Waals surface area (Å²) in [7, 11) is 0.349. The van der Waals surface area contributed by atoms with Gasteiger partial charge in [0.1, 0.15) is 0 Å². The van der Waals surface area contributed by atoms with E-state index in [1.165, 1.54) is 11.3 Å². The van der Waals surface area contributed by atoms with Crippen LogP contribution in [0, 0.1) is 5.92 Å². The fourth-order valence-electron chi connectivity index (χ4n) is 4.02. The monoisotopic (exact) mass is 600 g/mol. The minimum atomic E-state index is -3.57. The Labute approximate surface area is 225 Å². The van der Waals surface area contributed by atoms with Crippen LogP contribution in [-0.2, 0) is 10.0 Å². The summed E-state index contributed by atoms with van der Waals surface area (Å²) in [5.41, 5.74) is 1.27. The molecule has 0 radical (unpaired) electrons. The number of halogens is 2. The van der Waals surface area contributed by atoms with E-state index in [0.717, 1.165) is 27.5 Å². The molecule has 190 valence electrons. The maximum Gasteiger partial charge on any atom is 0.260 e. The third kappa shape index (κ3) is 6.42. The maximum absolute atomic E-state index is 13.5. The summed E-state index contributed by atoms with van der Waals surface area (Å²) in [6.07, 6.45) is 1.92. The molecule has 1 atom stereocenters. The molecule has 1 amide bonds. The number of fused-ring (bicyclic) bond motifs is 1. The van der Waals surface area contributed by atoms with Gasteiger partial charge in [0.25, 0.3) is 5.91 Å². The summed E-state index contributed by atoms with van der Waals surface area (Å²) in [4.78, 5) is 22.1. The fourth-order valence-corrected chi connectivity index (χ4v) is 7.16. The number of anilines is 1. The van der Waals surface area contributed by atoms with Crippen molar-refractivity contribution in [2.24, 2.45) is 5.92 Å². The van der Waals surface area contributed by atoms with E-state index in [1.54, 1.807) is 33.5 Å². The number of benzene rings is 2. The first-order chi connectivity index (χ1) is 16.1. The highest BCUT2D eigenvalue weighted by Crippen LogP contribution is 2.32. The van der Waals surface area contributed by atoms with Crippen LogP contribution in [0.4, 0.5) is 5.13 Å². The molecule has 1 aliphatic rings. The molecule has 1 unspecified atom stereocenters. The average Bonchev–Trinajstić information content (AvgIpc) is 3.21. The number of hydrogen-bond donors (Lipinski definition) is 0. The summed E-state index contributed by atoms with van der Waals surface area (Å²) in [5.74, 6) is 0.152.